The lowest BCUT2D eigenvalue weighted by Gasteiger charge is -2.07. The van der Waals surface area contributed by atoms with E-state index in [0.717, 1.165) is 5.52 Å². The quantitative estimate of drug-likeness (QED) is 0.833. The summed E-state index contributed by atoms with van der Waals surface area (Å²) in [5.74, 6) is 0. The first-order valence-electron chi connectivity index (χ1n) is 5.18. The fourth-order valence-electron chi connectivity index (χ4n) is 1.70. The number of hydrogen-bond donors (Lipinski definition) is 1. The highest BCUT2D eigenvalue weighted by Crippen LogP contribution is 2.29. The first-order valence-corrected chi connectivity index (χ1v) is 5.55. The highest BCUT2D eigenvalue weighted by Gasteiger charge is 2.15. The number of halogens is 1. The predicted molar refractivity (Wildman–Crippen MR) is 65.4 cm³/mol. The van der Waals surface area contributed by atoms with E-state index in [-0.39, 0.29) is 0 Å². The van der Waals surface area contributed by atoms with Crippen molar-refractivity contribution in [1.82, 2.24) is 15.0 Å². The van der Waals surface area contributed by atoms with Gasteiger partial charge >= 0.3 is 0 Å². The third kappa shape index (κ3) is 1.80. The highest BCUT2D eigenvalue weighted by atomic mass is 35.5. The number of nitrogens with one attached hydrogen (secondary N) is 1. The molecule has 88 valence electrons. The van der Waals surface area contributed by atoms with Crippen molar-refractivity contribution in [2.45, 2.75) is 0 Å². The molecule has 1 aromatic heterocycles. The van der Waals surface area contributed by atoms with E-state index in [1.807, 2.05) is 6.07 Å². The van der Waals surface area contributed by atoms with Crippen molar-refractivity contribution in [1.29, 1.82) is 0 Å². The third-order valence-corrected chi connectivity index (χ3v) is 2.74. The van der Waals surface area contributed by atoms with Crippen LogP contribution in [0, 0.1) is 0 Å². The molecule has 1 aliphatic heterocycles. The molecule has 0 unspecified atom stereocenters. The van der Waals surface area contributed by atoms with E-state index in [2.05, 4.69) is 20.5 Å². The van der Waals surface area contributed by atoms with Crippen LogP contribution >= 0.6 is 11.6 Å². The predicted octanol–water partition coefficient (Wildman–Crippen LogP) is 1.42. The topological polar surface area (TPSA) is 64.3 Å². The lowest BCUT2D eigenvalue weighted by atomic mass is 10.2. The zero-order chi connectivity index (χ0) is 11.8. The first-order chi connectivity index (χ1) is 8.24. The third-order valence-electron chi connectivity index (χ3n) is 2.42. The largest absolute Gasteiger partial charge is 0.463 e. The van der Waals surface area contributed by atoms with Gasteiger partial charge in [-0.1, -0.05) is 11.6 Å². The van der Waals surface area contributed by atoms with Crippen LogP contribution in [0.25, 0.3) is 11.0 Å². The molecule has 2 aromatic rings. The zero-order valence-electron chi connectivity index (χ0n) is 9.14. The van der Waals surface area contributed by atoms with Gasteiger partial charge in [-0.15, -0.1) is 0 Å². The van der Waals surface area contributed by atoms with Crippen molar-refractivity contribution in [3.63, 3.8) is 0 Å². The monoisotopic (exact) mass is 251 g/mol. The smallest absolute Gasteiger partial charge is 0.289 e. The molecule has 6 nitrogen and oxygen atoms in total. The average molecular weight is 252 g/mol. The Labute approximate surface area is 102 Å². The summed E-state index contributed by atoms with van der Waals surface area (Å²) < 4.78 is 5.29. The molecule has 17 heavy (non-hydrogen) atoms. The maximum atomic E-state index is 6.14. The van der Waals surface area contributed by atoms with Crippen molar-refractivity contribution < 1.29 is 4.74 Å². The Morgan fingerprint density at radius 2 is 2.29 bits per heavy atom. The van der Waals surface area contributed by atoms with E-state index in [4.69, 9.17) is 16.3 Å². The molecule has 0 radical (unpaired) electrons. The highest BCUT2D eigenvalue weighted by molar-refractivity contribution is 6.35. The maximum Gasteiger partial charge on any atom is 0.289 e. The molecule has 1 aliphatic rings. The Morgan fingerprint density at radius 3 is 3.06 bits per heavy atom. The number of aromatic nitrogens is 3. The minimum atomic E-state index is 0.477. The van der Waals surface area contributed by atoms with Crippen LogP contribution in [0.2, 0.25) is 5.02 Å². The zero-order valence-corrected chi connectivity index (χ0v) is 9.90. The minimum Gasteiger partial charge on any atom is -0.463 e. The number of nitrogens with zero attached hydrogens (tertiary/aromatic N) is 4. The summed E-state index contributed by atoms with van der Waals surface area (Å²) in [7, 11) is 1.77. The number of aryl methyl sites for hydroxylation is 1. The standard InChI is InChI=1S/C10H10ClN5O/c1-16-14-7-3-2-6(11)8(9(7)15-16)13-10-12-4-5-17-10/h2-3H,4-5H2,1H3,(H,12,13). The lowest BCUT2D eigenvalue weighted by molar-refractivity contribution is 0.346. The van der Waals surface area contributed by atoms with E-state index in [9.17, 15) is 0 Å². The van der Waals surface area contributed by atoms with Gasteiger partial charge in [-0.05, 0) is 12.1 Å². The number of benzene rings is 1. The molecule has 0 aliphatic carbocycles. The van der Waals surface area contributed by atoms with Gasteiger partial charge in [0.15, 0.2) is 0 Å². The van der Waals surface area contributed by atoms with Gasteiger partial charge in [-0.25, -0.2) is 4.99 Å². The molecule has 3 rings (SSSR count). The van der Waals surface area contributed by atoms with E-state index in [1.165, 1.54) is 4.80 Å². The number of fused-ring (bicyclic) bond motifs is 1. The molecule has 0 saturated carbocycles. The fraction of sp³-hybridized carbons (Fsp3) is 0.300. The number of hydrogen-bond acceptors (Lipinski definition) is 5. The van der Waals surface area contributed by atoms with Gasteiger partial charge in [0.1, 0.15) is 17.6 Å². The van der Waals surface area contributed by atoms with Crippen molar-refractivity contribution in [2.24, 2.45) is 12.0 Å². The number of anilines is 1. The summed E-state index contributed by atoms with van der Waals surface area (Å²) in [6, 6.07) is 4.08. The second-order valence-corrected chi connectivity index (χ2v) is 4.05. The molecule has 7 heteroatoms. The number of rotatable bonds is 1. The van der Waals surface area contributed by atoms with Crippen LogP contribution in [-0.2, 0) is 11.8 Å². The van der Waals surface area contributed by atoms with Crippen molar-refractivity contribution in [3.05, 3.63) is 17.2 Å². The molecule has 0 fully saturated rings. The summed E-state index contributed by atoms with van der Waals surface area (Å²) in [4.78, 5) is 5.66. The summed E-state index contributed by atoms with van der Waals surface area (Å²) in [6.45, 7) is 1.26. The van der Waals surface area contributed by atoms with E-state index >= 15 is 0 Å². The van der Waals surface area contributed by atoms with Crippen LogP contribution in [0.1, 0.15) is 0 Å². The number of aliphatic imine (C=N–C) groups is 1. The van der Waals surface area contributed by atoms with E-state index in [1.54, 1.807) is 13.1 Å². The molecule has 1 aromatic carbocycles. The SMILES string of the molecule is Cn1nc2ccc(Cl)c(NC3=NCCO3)c2n1. The molecule has 0 saturated heterocycles. The van der Waals surface area contributed by atoms with E-state index < -0.39 is 0 Å². The summed E-state index contributed by atoms with van der Waals surface area (Å²) in [5.41, 5.74) is 2.16. The van der Waals surface area contributed by atoms with Crippen molar-refractivity contribution in [3.8, 4) is 0 Å². The molecular weight excluding hydrogens is 242 g/mol. The second kappa shape index (κ2) is 3.89. The van der Waals surface area contributed by atoms with Gasteiger partial charge in [-0.3, -0.25) is 0 Å². The molecule has 0 bridgehead atoms. The van der Waals surface area contributed by atoms with Crippen LogP contribution in [0.4, 0.5) is 5.69 Å². The molecule has 2 heterocycles. The molecule has 0 spiro atoms. The Bertz CT molecular complexity index is 606. The lowest BCUT2D eigenvalue weighted by Crippen LogP contribution is -2.12. The minimum absolute atomic E-state index is 0.477. The van der Waals surface area contributed by atoms with Crippen LogP contribution in [0.5, 0.6) is 0 Å². The Kier molecular flexibility index (Phi) is 2.36. The van der Waals surface area contributed by atoms with Crippen LogP contribution in [0.15, 0.2) is 17.1 Å². The first kappa shape index (κ1) is 10.3. The van der Waals surface area contributed by atoms with E-state index in [0.29, 0.717) is 35.4 Å². The maximum absolute atomic E-state index is 6.14. The van der Waals surface area contributed by atoms with Gasteiger partial charge in [0, 0.05) is 7.05 Å². The Morgan fingerprint density at radius 1 is 1.41 bits per heavy atom. The van der Waals surface area contributed by atoms with Crippen LogP contribution in [-0.4, -0.2) is 34.2 Å². The average Bonchev–Trinajstić information content (AvgIpc) is 2.91. The van der Waals surface area contributed by atoms with Gasteiger partial charge in [-0.2, -0.15) is 15.0 Å². The number of amidine groups is 1. The second-order valence-electron chi connectivity index (χ2n) is 3.64. The van der Waals surface area contributed by atoms with Gasteiger partial charge < -0.3 is 10.1 Å². The van der Waals surface area contributed by atoms with Crippen LogP contribution < -0.4 is 5.32 Å². The summed E-state index contributed by atoms with van der Waals surface area (Å²) in [6.07, 6.45) is 0. The van der Waals surface area contributed by atoms with Gasteiger partial charge in [0.2, 0.25) is 0 Å². The fourth-order valence-corrected chi connectivity index (χ4v) is 1.90. The molecular formula is C10H10ClN5O. The molecule has 0 atom stereocenters. The van der Waals surface area contributed by atoms with Crippen molar-refractivity contribution in [2.75, 3.05) is 18.5 Å². The number of ether oxygens (including phenoxy) is 1. The van der Waals surface area contributed by atoms with Gasteiger partial charge in [0.05, 0.1) is 17.3 Å². The van der Waals surface area contributed by atoms with Crippen LogP contribution in [0.3, 0.4) is 0 Å². The normalized spacial score (nSPS) is 14.8. The Hall–Kier alpha value is -1.82. The van der Waals surface area contributed by atoms with Crippen molar-refractivity contribution >= 4 is 34.3 Å². The van der Waals surface area contributed by atoms with Gasteiger partial charge in [0.25, 0.3) is 6.02 Å². The molecule has 1 N–H and O–H groups in total. The summed E-state index contributed by atoms with van der Waals surface area (Å²) >= 11 is 6.14. The summed E-state index contributed by atoms with van der Waals surface area (Å²) in [5, 5.41) is 12.1. The Balaban J connectivity index is 2.09. The molecule has 0 amide bonds.